The van der Waals surface area contributed by atoms with Crippen LogP contribution in [0.15, 0.2) is 30.3 Å². The molecule has 30 heavy (non-hydrogen) atoms. The highest BCUT2D eigenvalue weighted by Crippen LogP contribution is 2.26. The van der Waals surface area contributed by atoms with Crippen LogP contribution in [0.1, 0.15) is 115 Å². The van der Waals surface area contributed by atoms with Crippen LogP contribution in [0.5, 0.6) is 0 Å². The summed E-state index contributed by atoms with van der Waals surface area (Å²) in [6.07, 6.45) is 20.3. The van der Waals surface area contributed by atoms with Gasteiger partial charge < -0.3 is 14.2 Å². The third-order valence-electron chi connectivity index (χ3n) is 6.04. The molecule has 172 valence electrons. The zero-order valence-electron chi connectivity index (χ0n) is 19.5. The number of ether oxygens (including phenoxy) is 3. The summed E-state index contributed by atoms with van der Waals surface area (Å²) in [5.41, 5.74) is 1.09. The van der Waals surface area contributed by atoms with Crippen molar-refractivity contribution in [2.24, 2.45) is 0 Å². The van der Waals surface area contributed by atoms with Gasteiger partial charge in [-0.05, 0) is 12.8 Å². The Morgan fingerprint density at radius 2 is 1.33 bits per heavy atom. The molecule has 0 spiro atoms. The molecule has 1 fully saturated rings. The van der Waals surface area contributed by atoms with E-state index < -0.39 is 0 Å². The van der Waals surface area contributed by atoms with Crippen LogP contribution in [0, 0.1) is 0 Å². The van der Waals surface area contributed by atoms with Gasteiger partial charge in [0.2, 0.25) is 0 Å². The zero-order valence-corrected chi connectivity index (χ0v) is 19.5. The molecule has 1 aliphatic heterocycles. The van der Waals surface area contributed by atoms with Gasteiger partial charge in [0.05, 0.1) is 19.3 Å². The lowest BCUT2D eigenvalue weighted by Crippen LogP contribution is -2.30. The van der Waals surface area contributed by atoms with Crippen molar-refractivity contribution in [2.75, 3.05) is 19.8 Å². The van der Waals surface area contributed by atoms with Crippen LogP contribution in [-0.2, 0) is 14.2 Å². The van der Waals surface area contributed by atoms with Gasteiger partial charge in [0, 0.05) is 12.2 Å². The minimum Gasteiger partial charge on any atom is -0.379 e. The molecule has 0 N–H and O–H groups in total. The van der Waals surface area contributed by atoms with Gasteiger partial charge in [-0.2, -0.15) is 0 Å². The van der Waals surface area contributed by atoms with Crippen molar-refractivity contribution in [3.05, 3.63) is 35.9 Å². The Balaban J connectivity index is 1.33. The Labute approximate surface area is 185 Å². The Morgan fingerprint density at radius 1 is 0.767 bits per heavy atom. The normalized spacial score (nSPS) is 19.2. The van der Waals surface area contributed by atoms with Crippen molar-refractivity contribution < 1.29 is 14.2 Å². The second kappa shape index (κ2) is 17.7. The number of unbranched alkanes of at least 4 members (excludes halogenated alkanes) is 13. The fourth-order valence-corrected chi connectivity index (χ4v) is 4.11. The van der Waals surface area contributed by atoms with Crippen molar-refractivity contribution in [3.8, 4) is 0 Å². The van der Waals surface area contributed by atoms with Gasteiger partial charge >= 0.3 is 0 Å². The van der Waals surface area contributed by atoms with E-state index in [1.807, 2.05) is 18.2 Å². The fraction of sp³-hybridized carbons (Fsp3) is 0.778. The molecule has 0 radical (unpaired) electrons. The third-order valence-corrected chi connectivity index (χ3v) is 6.04. The second-order valence-corrected chi connectivity index (χ2v) is 8.83. The maximum absolute atomic E-state index is 6.05. The highest BCUT2D eigenvalue weighted by atomic mass is 16.7. The van der Waals surface area contributed by atoms with Crippen LogP contribution in [0.25, 0.3) is 0 Å². The molecule has 1 aliphatic rings. The lowest BCUT2D eigenvalue weighted by Gasteiger charge is -2.30. The summed E-state index contributed by atoms with van der Waals surface area (Å²) < 4.78 is 17.7. The van der Waals surface area contributed by atoms with Crippen LogP contribution < -0.4 is 0 Å². The van der Waals surface area contributed by atoms with Crippen LogP contribution in [0.4, 0.5) is 0 Å². The van der Waals surface area contributed by atoms with Gasteiger partial charge in [-0.3, -0.25) is 0 Å². The van der Waals surface area contributed by atoms with Crippen LogP contribution in [0.3, 0.4) is 0 Å². The van der Waals surface area contributed by atoms with Crippen molar-refractivity contribution >= 4 is 0 Å². The Hall–Kier alpha value is -0.900. The van der Waals surface area contributed by atoms with Gasteiger partial charge in [-0.15, -0.1) is 0 Å². The van der Waals surface area contributed by atoms with E-state index in [0.717, 1.165) is 25.2 Å². The van der Waals surface area contributed by atoms with Gasteiger partial charge in [0.15, 0.2) is 6.29 Å². The van der Waals surface area contributed by atoms with Crippen molar-refractivity contribution in [1.82, 2.24) is 0 Å². The Kier molecular flexibility index (Phi) is 15.0. The Bertz CT molecular complexity index is 490. The fourth-order valence-electron chi connectivity index (χ4n) is 4.11. The van der Waals surface area contributed by atoms with E-state index in [1.54, 1.807) is 0 Å². The topological polar surface area (TPSA) is 27.7 Å². The molecule has 0 saturated carbocycles. The molecule has 3 heteroatoms. The summed E-state index contributed by atoms with van der Waals surface area (Å²) in [7, 11) is 0. The SMILES string of the molecule is CCCCCCCCCCCCCCCCOCC1CCOC(c2ccccc2)O1. The van der Waals surface area contributed by atoms with Crippen molar-refractivity contribution in [1.29, 1.82) is 0 Å². The first kappa shape index (κ1) is 25.4. The maximum atomic E-state index is 6.05. The van der Waals surface area contributed by atoms with E-state index in [2.05, 4.69) is 19.1 Å². The molecule has 3 nitrogen and oxygen atoms in total. The summed E-state index contributed by atoms with van der Waals surface area (Å²) in [6.45, 7) is 4.57. The molecule has 0 aromatic heterocycles. The van der Waals surface area contributed by atoms with Crippen LogP contribution in [0.2, 0.25) is 0 Å². The number of hydrogen-bond acceptors (Lipinski definition) is 3. The zero-order chi connectivity index (χ0) is 21.1. The molecule has 0 amide bonds. The van der Waals surface area contributed by atoms with Gasteiger partial charge in [0.1, 0.15) is 0 Å². The van der Waals surface area contributed by atoms with Gasteiger partial charge in [0.25, 0.3) is 0 Å². The summed E-state index contributed by atoms with van der Waals surface area (Å²) >= 11 is 0. The van der Waals surface area contributed by atoms with E-state index in [4.69, 9.17) is 14.2 Å². The standard InChI is InChI=1S/C27H46O3/c1-2-3-4-5-6-7-8-9-10-11-12-13-14-18-22-28-24-26-21-23-29-27(30-26)25-19-16-15-17-20-25/h15-17,19-20,26-27H,2-14,18,21-24H2,1H3. The number of rotatable bonds is 18. The molecule has 0 bridgehead atoms. The molecule has 2 rings (SSSR count). The van der Waals surface area contributed by atoms with E-state index >= 15 is 0 Å². The van der Waals surface area contributed by atoms with Crippen molar-refractivity contribution in [3.63, 3.8) is 0 Å². The lowest BCUT2D eigenvalue weighted by molar-refractivity contribution is -0.227. The molecule has 1 aromatic carbocycles. The first-order valence-electron chi connectivity index (χ1n) is 12.8. The average Bonchev–Trinajstić information content (AvgIpc) is 2.79. The minimum absolute atomic E-state index is 0.149. The molecular formula is C27H46O3. The summed E-state index contributed by atoms with van der Waals surface area (Å²) in [6, 6.07) is 10.2. The first-order valence-corrected chi connectivity index (χ1v) is 12.8. The number of hydrogen-bond donors (Lipinski definition) is 0. The van der Waals surface area contributed by atoms with E-state index in [1.165, 1.54) is 89.9 Å². The minimum atomic E-state index is -0.241. The van der Waals surface area contributed by atoms with Gasteiger partial charge in [-0.25, -0.2) is 0 Å². The molecule has 1 saturated heterocycles. The molecule has 2 unspecified atom stereocenters. The predicted octanol–water partition coefficient (Wildman–Crippen LogP) is 7.99. The second-order valence-electron chi connectivity index (χ2n) is 8.83. The molecule has 0 aliphatic carbocycles. The first-order chi connectivity index (χ1) is 14.9. The highest BCUT2D eigenvalue weighted by Gasteiger charge is 2.24. The number of benzene rings is 1. The largest absolute Gasteiger partial charge is 0.379 e. The molecular weight excluding hydrogens is 372 g/mol. The van der Waals surface area contributed by atoms with Gasteiger partial charge in [-0.1, -0.05) is 121 Å². The average molecular weight is 419 g/mol. The summed E-state index contributed by atoms with van der Waals surface area (Å²) in [4.78, 5) is 0. The van der Waals surface area contributed by atoms with Crippen LogP contribution in [-0.4, -0.2) is 25.9 Å². The highest BCUT2D eigenvalue weighted by molar-refractivity contribution is 5.16. The van der Waals surface area contributed by atoms with Crippen LogP contribution >= 0.6 is 0 Å². The molecule has 1 heterocycles. The Morgan fingerprint density at radius 3 is 1.93 bits per heavy atom. The van der Waals surface area contributed by atoms with Crippen molar-refractivity contribution in [2.45, 2.75) is 116 Å². The quantitative estimate of drug-likeness (QED) is 0.226. The van der Waals surface area contributed by atoms with E-state index in [-0.39, 0.29) is 12.4 Å². The molecule has 1 aromatic rings. The predicted molar refractivity (Wildman–Crippen MR) is 126 cm³/mol. The summed E-state index contributed by atoms with van der Waals surface area (Å²) in [5.74, 6) is 0. The smallest absolute Gasteiger partial charge is 0.184 e. The molecule has 2 atom stereocenters. The van der Waals surface area contributed by atoms with E-state index in [0.29, 0.717) is 6.61 Å². The maximum Gasteiger partial charge on any atom is 0.184 e. The third kappa shape index (κ3) is 12.1. The monoisotopic (exact) mass is 418 g/mol. The lowest BCUT2D eigenvalue weighted by atomic mass is 10.0. The summed E-state index contributed by atoms with van der Waals surface area (Å²) in [5, 5.41) is 0. The van der Waals surface area contributed by atoms with E-state index in [9.17, 15) is 0 Å².